The van der Waals surface area contributed by atoms with E-state index in [2.05, 4.69) is 20.8 Å². The van der Waals surface area contributed by atoms with Crippen LogP contribution in [0.15, 0.2) is 18.2 Å². The van der Waals surface area contributed by atoms with E-state index in [4.69, 9.17) is 11.6 Å². The molecule has 3 heteroatoms. The van der Waals surface area contributed by atoms with Crippen LogP contribution in [-0.4, -0.2) is 10.7 Å². The predicted molar refractivity (Wildman–Crippen MR) is 76.9 cm³/mol. The second kappa shape index (κ2) is 5.06. The summed E-state index contributed by atoms with van der Waals surface area (Å²) in [4.78, 5) is 0. The molecule has 1 aromatic carbocycles. The SMILES string of the molecule is CC1CC(C)(C)CC(O)(Cc2cc(F)ccc2Cl)C1. The van der Waals surface area contributed by atoms with E-state index in [-0.39, 0.29) is 11.2 Å². The Kier molecular flexibility index (Phi) is 3.95. The van der Waals surface area contributed by atoms with Gasteiger partial charge in [-0.1, -0.05) is 32.4 Å². The van der Waals surface area contributed by atoms with Crippen LogP contribution in [-0.2, 0) is 6.42 Å². The van der Waals surface area contributed by atoms with Crippen molar-refractivity contribution >= 4 is 11.6 Å². The standard InChI is InChI=1S/C16H22ClFO/c1-11-7-15(2,3)10-16(19,8-11)9-12-6-13(18)4-5-14(12)17/h4-6,11,19H,7-10H2,1-3H3. The smallest absolute Gasteiger partial charge is 0.123 e. The molecule has 2 rings (SSSR count). The van der Waals surface area contributed by atoms with Gasteiger partial charge >= 0.3 is 0 Å². The van der Waals surface area contributed by atoms with Crippen LogP contribution in [0.25, 0.3) is 0 Å². The molecule has 0 aromatic heterocycles. The molecule has 1 saturated carbocycles. The Morgan fingerprint density at radius 3 is 2.68 bits per heavy atom. The second-order valence-electron chi connectivity index (χ2n) is 6.99. The molecule has 0 spiro atoms. The van der Waals surface area contributed by atoms with Gasteiger partial charge in [0.15, 0.2) is 0 Å². The fourth-order valence-electron chi connectivity index (χ4n) is 3.87. The van der Waals surface area contributed by atoms with Crippen molar-refractivity contribution in [1.29, 1.82) is 0 Å². The minimum Gasteiger partial charge on any atom is -0.390 e. The summed E-state index contributed by atoms with van der Waals surface area (Å²) in [5, 5.41) is 11.4. The molecule has 1 aliphatic carbocycles. The number of hydrogen-bond acceptors (Lipinski definition) is 1. The topological polar surface area (TPSA) is 20.2 Å². The van der Waals surface area contributed by atoms with Crippen molar-refractivity contribution in [2.45, 2.75) is 52.1 Å². The highest BCUT2D eigenvalue weighted by Gasteiger charge is 2.41. The number of hydrogen-bond donors (Lipinski definition) is 1. The number of aliphatic hydroxyl groups is 1. The van der Waals surface area contributed by atoms with Gasteiger partial charge < -0.3 is 5.11 Å². The molecule has 0 aliphatic heterocycles. The van der Waals surface area contributed by atoms with Crippen LogP contribution in [0.5, 0.6) is 0 Å². The molecule has 1 fully saturated rings. The predicted octanol–water partition coefficient (Wildman–Crippen LogP) is 4.60. The van der Waals surface area contributed by atoms with Gasteiger partial charge in [0.05, 0.1) is 5.60 Å². The average Bonchev–Trinajstić information content (AvgIpc) is 2.19. The molecule has 1 N–H and O–H groups in total. The lowest BCUT2D eigenvalue weighted by molar-refractivity contribution is -0.0574. The Morgan fingerprint density at radius 2 is 2.05 bits per heavy atom. The van der Waals surface area contributed by atoms with E-state index in [1.807, 2.05) is 0 Å². The van der Waals surface area contributed by atoms with E-state index in [1.54, 1.807) is 6.07 Å². The fraction of sp³-hybridized carbons (Fsp3) is 0.625. The number of halogens is 2. The molecule has 0 radical (unpaired) electrons. The van der Waals surface area contributed by atoms with Gasteiger partial charge in [0.25, 0.3) is 0 Å². The molecule has 1 aromatic rings. The van der Waals surface area contributed by atoms with E-state index in [9.17, 15) is 9.50 Å². The third kappa shape index (κ3) is 3.70. The summed E-state index contributed by atoms with van der Waals surface area (Å²) >= 11 is 6.11. The summed E-state index contributed by atoms with van der Waals surface area (Å²) in [5.41, 5.74) is 0.0410. The van der Waals surface area contributed by atoms with Gasteiger partial charge in [0, 0.05) is 11.4 Å². The first kappa shape index (κ1) is 14.8. The zero-order chi connectivity index (χ0) is 14.3. The van der Waals surface area contributed by atoms with Crippen LogP contribution in [0.3, 0.4) is 0 Å². The minimum absolute atomic E-state index is 0.117. The maximum absolute atomic E-state index is 13.3. The Morgan fingerprint density at radius 1 is 1.37 bits per heavy atom. The maximum Gasteiger partial charge on any atom is 0.123 e. The van der Waals surface area contributed by atoms with Crippen LogP contribution in [0, 0.1) is 17.2 Å². The third-order valence-electron chi connectivity index (χ3n) is 3.96. The first-order valence-corrected chi connectivity index (χ1v) is 7.23. The zero-order valence-electron chi connectivity index (χ0n) is 11.8. The maximum atomic E-state index is 13.3. The van der Waals surface area contributed by atoms with Crippen molar-refractivity contribution in [3.05, 3.63) is 34.6 Å². The van der Waals surface area contributed by atoms with Crippen LogP contribution in [0.2, 0.25) is 5.02 Å². The summed E-state index contributed by atoms with van der Waals surface area (Å²) < 4.78 is 13.3. The van der Waals surface area contributed by atoms with Gasteiger partial charge in [-0.15, -0.1) is 0 Å². The lowest BCUT2D eigenvalue weighted by atomic mass is 9.64. The summed E-state index contributed by atoms with van der Waals surface area (Å²) in [6.07, 6.45) is 3.03. The Hall–Kier alpha value is -0.600. The van der Waals surface area contributed by atoms with Crippen molar-refractivity contribution in [3.63, 3.8) is 0 Å². The van der Waals surface area contributed by atoms with Crippen molar-refractivity contribution in [1.82, 2.24) is 0 Å². The van der Waals surface area contributed by atoms with Crippen molar-refractivity contribution in [2.24, 2.45) is 11.3 Å². The first-order valence-electron chi connectivity index (χ1n) is 6.85. The van der Waals surface area contributed by atoms with E-state index < -0.39 is 5.60 Å². The first-order chi connectivity index (χ1) is 8.69. The van der Waals surface area contributed by atoms with Crippen molar-refractivity contribution < 1.29 is 9.50 Å². The van der Waals surface area contributed by atoms with Crippen LogP contribution in [0.1, 0.15) is 45.6 Å². The third-order valence-corrected chi connectivity index (χ3v) is 4.33. The van der Waals surface area contributed by atoms with Crippen LogP contribution < -0.4 is 0 Å². The molecular weight excluding hydrogens is 263 g/mol. The van der Waals surface area contributed by atoms with E-state index in [0.717, 1.165) is 19.3 Å². The second-order valence-corrected chi connectivity index (χ2v) is 7.40. The lowest BCUT2D eigenvalue weighted by Gasteiger charge is -2.45. The lowest BCUT2D eigenvalue weighted by Crippen LogP contribution is -2.43. The van der Waals surface area contributed by atoms with Crippen molar-refractivity contribution in [3.8, 4) is 0 Å². The molecule has 2 atom stereocenters. The summed E-state index contributed by atoms with van der Waals surface area (Å²) in [6.45, 7) is 6.53. The molecule has 0 saturated heterocycles. The normalized spacial score (nSPS) is 30.3. The number of rotatable bonds is 2. The van der Waals surface area contributed by atoms with Gasteiger partial charge in [-0.25, -0.2) is 4.39 Å². The Labute approximate surface area is 119 Å². The largest absolute Gasteiger partial charge is 0.390 e. The monoisotopic (exact) mass is 284 g/mol. The van der Waals surface area contributed by atoms with Gasteiger partial charge in [-0.3, -0.25) is 0 Å². The molecule has 0 bridgehead atoms. The van der Waals surface area contributed by atoms with E-state index >= 15 is 0 Å². The quantitative estimate of drug-likeness (QED) is 0.841. The molecule has 1 nitrogen and oxygen atoms in total. The van der Waals surface area contributed by atoms with Gasteiger partial charge in [0.2, 0.25) is 0 Å². The fourth-order valence-corrected chi connectivity index (χ4v) is 4.05. The van der Waals surface area contributed by atoms with Gasteiger partial charge in [-0.05, 0) is 54.4 Å². The molecule has 2 unspecified atom stereocenters. The molecule has 0 amide bonds. The Balaban J connectivity index is 2.23. The van der Waals surface area contributed by atoms with E-state index in [0.29, 0.717) is 22.9 Å². The molecule has 19 heavy (non-hydrogen) atoms. The number of benzene rings is 1. The van der Waals surface area contributed by atoms with E-state index in [1.165, 1.54) is 12.1 Å². The highest BCUT2D eigenvalue weighted by Crippen LogP contribution is 2.45. The van der Waals surface area contributed by atoms with Gasteiger partial charge in [0.1, 0.15) is 5.82 Å². The minimum atomic E-state index is -0.779. The molecule has 106 valence electrons. The Bertz CT molecular complexity index is 472. The van der Waals surface area contributed by atoms with Crippen molar-refractivity contribution in [2.75, 3.05) is 0 Å². The zero-order valence-corrected chi connectivity index (χ0v) is 12.6. The summed E-state index contributed by atoms with van der Waals surface area (Å²) in [7, 11) is 0. The van der Waals surface area contributed by atoms with Crippen LogP contribution >= 0.6 is 11.6 Å². The summed E-state index contributed by atoms with van der Waals surface area (Å²) in [6, 6.07) is 4.35. The highest BCUT2D eigenvalue weighted by molar-refractivity contribution is 6.31. The average molecular weight is 285 g/mol. The molecular formula is C16H22ClFO. The molecule has 0 heterocycles. The van der Waals surface area contributed by atoms with Crippen LogP contribution in [0.4, 0.5) is 4.39 Å². The molecule has 1 aliphatic rings. The van der Waals surface area contributed by atoms with Gasteiger partial charge in [-0.2, -0.15) is 0 Å². The summed E-state index contributed by atoms with van der Waals surface area (Å²) in [5.74, 6) is 0.173. The highest BCUT2D eigenvalue weighted by atomic mass is 35.5.